The number of nitrogens with one attached hydrogen (secondary N) is 1. The van der Waals surface area contributed by atoms with Crippen molar-refractivity contribution < 1.29 is 4.92 Å². The fourth-order valence-electron chi connectivity index (χ4n) is 1.74. The van der Waals surface area contributed by atoms with Gasteiger partial charge in [0.05, 0.1) is 15.1 Å². The van der Waals surface area contributed by atoms with Crippen molar-refractivity contribution in [1.82, 2.24) is 14.8 Å². The highest BCUT2D eigenvalue weighted by molar-refractivity contribution is 9.10. The predicted octanol–water partition coefficient (Wildman–Crippen LogP) is 2.41. The summed E-state index contributed by atoms with van der Waals surface area (Å²) in [5.41, 5.74) is 2.24. The summed E-state index contributed by atoms with van der Waals surface area (Å²) in [6.07, 6.45) is 4.62. The van der Waals surface area contributed by atoms with Crippen LogP contribution in [-0.2, 0) is 13.6 Å². The van der Waals surface area contributed by atoms with Crippen molar-refractivity contribution in [3.63, 3.8) is 0 Å². The largest absolute Gasteiger partial charge is 0.374 e. The van der Waals surface area contributed by atoms with Gasteiger partial charge in [-0.25, -0.2) is 0 Å². The van der Waals surface area contributed by atoms with Crippen LogP contribution in [0.25, 0.3) is 0 Å². The van der Waals surface area contributed by atoms with Gasteiger partial charge in [0, 0.05) is 31.5 Å². The molecule has 7 nitrogen and oxygen atoms in total. The summed E-state index contributed by atoms with van der Waals surface area (Å²) < 4.78 is 2.27. The molecule has 2 aromatic rings. The van der Waals surface area contributed by atoms with Gasteiger partial charge in [-0.3, -0.25) is 19.8 Å². The molecule has 0 aliphatic carbocycles. The van der Waals surface area contributed by atoms with Gasteiger partial charge in [0.15, 0.2) is 0 Å². The second-order valence-electron chi connectivity index (χ2n) is 4.04. The molecule has 0 atom stereocenters. The maximum absolute atomic E-state index is 10.9. The number of nitrogens with zero attached hydrogens (tertiary/aromatic N) is 4. The van der Waals surface area contributed by atoms with E-state index < -0.39 is 4.92 Å². The molecule has 8 heteroatoms. The molecule has 0 radical (unpaired) electrons. The summed E-state index contributed by atoms with van der Waals surface area (Å²) in [7, 11) is 1.83. The third kappa shape index (κ3) is 2.90. The minimum atomic E-state index is -0.462. The molecular formula is C11H12BrN5O2. The third-order valence-electron chi connectivity index (χ3n) is 2.65. The number of rotatable bonds is 4. The topological polar surface area (TPSA) is 85.9 Å². The van der Waals surface area contributed by atoms with Crippen LogP contribution < -0.4 is 5.32 Å². The van der Waals surface area contributed by atoms with E-state index in [9.17, 15) is 10.1 Å². The molecule has 0 bridgehead atoms. The Morgan fingerprint density at radius 1 is 1.53 bits per heavy atom. The summed E-state index contributed by atoms with van der Waals surface area (Å²) in [5.74, 6) is 0. The summed E-state index contributed by atoms with van der Waals surface area (Å²) in [4.78, 5) is 14.3. The highest BCUT2D eigenvalue weighted by atomic mass is 79.9. The number of aromatic nitrogens is 3. The zero-order chi connectivity index (χ0) is 14.0. The van der Waals surface area contributed by atoms with E-state index in [4.69, 9.17) is 0 Å². The number of hydrogen-bond donors (Lipinski definition) is 1. The van der Waals surface area contributed by atoms with E-state index in [-0.39, 0.29) is 5.69 Å². The average Bonchev–Trinajstić information content (AvgIpc) is 2.66. The van der Waals surface area contributed by atoms with E-state index in [1.165, 1.54) is 12.4 Å². The van der Waals surface area contributed by atoms with Crippen molar-refractivity contribution >= 4 is 27.3 Å². The molecule has 0 aromatic carbocycles. The van der Waals surface area contributed by atoms with Crippen LogP contribution in [0.5, 0.6) is 0 Å². The minimum absolute atomic E-state index is 0.0593. The molecular weight excluding hydrogens is 314 g/mol. The molecule has 0 fully saturated rings. The Morgan fingerprint density at radius 2 is 2.26 bits per heavy atom. The standard InChI is InChI=1S/C11H12BrN5O2/c1-7-8(6-16(2)15-7)3-14-11-9(12)4-13-5-10(11)17(18)19/h4-6H,3H2,1-2H3,(H,13,14). The Kier molecular flexibility index (Phi) is 3.79. The van der Waals surface area contributed by atoms with E-state index >= 15 is 0 Å². The number of aryl methyl sites for hydroxylation is 2. The lowest BCUT2D eigenvalue weighted by Crippen LogP contribution is -2.04. The highest BCUT2D eigenvalue weighted by Crippen LogP contribution is 2.31. The van der Waals surface area contributed by atoms with Gasteiger partial charge in [0.25, 0.3) is 0 Å². The first-order valence-corrected chi connectivity index (χ1v) is 6.29. The monoisotopic (exact) mass is 325 g/mol. The van der Waals surface area contributed by atoms with Crippen molar-refractivity contribution in [3.8, 4) is 0 Å². The Morgan fingerprint density at radius 3 is 2.84 bits per heavy atom. The van der Waals surface area contributed by atoms with E-state index in [0.717, 1.165) is 11.3 Å². The molecule has 2 rings (SSSR count). The number of pyridine rings is 1. The van der Waals surface area contributed by atoms with Gasteiger partial charge < -0.3 is 5.32 Å². The predicted molar refractivity (Wildman–Crippen MR) is 73.9 cm³/mol. The molecule has 1 N–H and O–H groups in total. The lowest BCUT2D eigenvalue weighted by Gasteiger charge is -2.07. The SMILES string of the molecule is Cc1nn(C)cc1CNc1c(Br)cncc1[N+](=O)[O-]. The fraction of sp³-hybridized carbons (Fsp3) is 0.273. The average molecular weight is 326 g/mol. The summed E-state index contributed by atoms with van der Waals surface area (Å²) >= 11 is 3.26. The maximum atomic E-state index is 10.9. The van der Waals surface area contributed by atoms with Gasteiger partial charge >= 0.3 is 5.69 Å². The normalized spacial score (nSPS) is 10.5. The van der Waals surface area contributed by atoms with Gasteiger partial charge in [-0.05, 0) is 22.9 Å². The summed E-state index contributed by atoms with van der Waals surface area (Å²) in [5, 5.41) is 18.2. The molecule has 2 aromatic heterocycles. The Labute approximate surface area is 117 Å². The van der Waals surface area contributed by atoms with Crippen LogP contribution in [0.2, 0.25) is 0 Å². The zero-order valence-corrected chi connectivity index (χ0v) is 12.0. The van der Waals surface area contributed by atoms with Crippen molar-refractivity contribution in [3.05, 3.63) is 44.4 Å². The molecule has 0 amide bonds. The molecule has 0 saturated heterocycles. The quantitative estimate of drug-likeness (QED) is 0.689. The Balaban J connectivity index is 2.24. The Bertz CT molecular complexity index is 626. The highest BCUT2D eigenvalue weighted by Gasteiger charge is 2.17. The van der Waals surface area contributed by atoms with Crippen LogP contribution in [0.4, 0.5) is 11.4 Å². The van der Waals surface area contributed by atoms with Crippen LogP contribution in [0.3, 0.4) is 0 Å². The smallest absolute Gasteiger partial charge is 0.311 e. The van der Waals surface area contributed by atoms with Crippen LogP contribution in [0.1, 0.15) is 11.3 Å². The number of nitro groups is 1. The molecule has 0 aliphatic rings. The molecule has 0 unspecified atom stereocenters. The first-order valence-electron chi connectivity index (χ1n) is 5.50. The summed E-state index contributed by atoms with van der Waals surface area (Å²) in [6, 6.07) is 0. The maximum Gasteiger partial charge on any atom is 0.311 e. The molecule has 19 heavy (non-hydrogen) atoms. The van der Waals surface area contributed by atoms with E-state index in [1.54, 1.807) is 4.68 Å². The van der Waals surface area contributed by atoms with Gasteiger partial charge in [0.1, 0.15) is 11.9 Å². The van der Waals surface area contributed by atoms with Crippen LogP contribution in [0.15, 0.2) is 23.1 Å². The lowest BCUT2D eigenvalue weighted by molar-refractivity contribution is -0.384. The van der Waals surface area contributed by atoms with E-state index in [0.29, 0.717) is 16.7 Å². The van der Waals surface area contributed by atoms with Gasteiger partial charge in [-0.15, -0.1) is 0 Å². The second kappa shape index (κ2) is 5.35. The van der Waals surface area contributed by atoms with Crippen LogP contribution >= 0.6 is 15.9 Å². The van der Waals surface area contributed by atoms with Crippen molar-refractivity contribution in [2.75, 3.05) is 5.32 Å². The molecule has 0 saturated carbocycles. The van der Waals surface area contributed by atoms with Gasteiger partial charge in [-0.1, -0.05) is 0 Å². The number of halogens is 1. The zero-order valence-electron chi connectivity index (χ0n) is 10.4. The van der Waals surface area contributed by atoms with E-state index in [2.05, 4.69) is 31.3 Å². The second-order valence-corrected chi connectivity index (χ2v) is 4.89. The fourth-order valence-corrected chi connectivity index (χ4v) is 2.21. The molecule has 100 valence electrons. The first kappa shape index (κ1) is 13.5. The summed E-state index contributed by atoms with van der Waals surface area (Å²) in [6.45, 7) is 2.36. The van der Waals surface area contributed by atoms with Crippen molar-refractivity contribution in [1.29, 1.82) is 0 Å². The molecule has 0 aliphatic heterocycles. The molecule has 2 heterocycles. The van der Waals surface area contributed by atoms with E-state index in [1.807, 2.05) is 20.2 Å². The number of anilines is 1. The van der Waals surface area contributed by atoms with Crippen LogP contribution in [-0.4, -0.2) is 19.7 Å². The minimum Gasteiger partial charge on any atom is -0.374 e. The number of hydrogen-bond acceptors (Lipinski definition) is 5. The van der Waals surface area contributed by atoms with Gasteiger partial charge in [-0.2, -0.15) is 5.10 Å². The Hall–Kier alpha value is -1.96. The lowest BCUT2D eigenvalue weighted by atomic mass is 10.2. The van der Waals surface area contributed by atoms with Crippen LogP contribution in [0, 0.1) is 17.0 Å². The molecule has 0 spiro atoms. The first-order chi connectivity index (χ1) is 8.99. The third-order valence-corrected chi connectivity index (χ3v) is 3.25. The van der Waals surface area contributed by atoms with Crippen molar-refractivity contribution in [2.24, 2.45) is 7.05 Å². The van der Waals surface area contributed by atoms with Gasteiger partial charge in [0.2, 0.25) is 0 Å². The van der Waals surface area contributed by atoms with Crippen molar-refractivity contribution in [2.45, 2.75) is 13.5 Å².